The van der Waals surface area contributed by atoms with E-state index in [9.17, 15) is 8.42 Å². The van der Waals surface area contributed by atoms with Gasteiger partial charge in [0.25, 0.3) is 0 Å². The molecule has 0 aromatic heterocycles. The van der Waals surface area contributed by atoms with Crippen molar-refractivity contribution in [2.24, 2.45) is 0 Å². The molecule has 1 aromatic carbocycles. The smallest absolute Gasteiger partial charge is 0.244 e. The number of nitrogens with zero attached hydrogens (tertiary/aromatic N) is 1. The van der Waals surface area contributed by atoms with E-state index in [-0.39, 0.29) is 0 Å². The van der Waals surface area contributed by atoms with Crippen LogP contribution < -0.4 is 5.32 Å². The molecule has 19 heavy (non-hydrogen) atoms. The van der Waals surface area contributed by atoms with Gasteiger partial charge < -0.3 is 5.32 Å². The summed E-state index contributed by atoms with van der Waals surface area (Å²) in [4.78, 5) is 0.357. The summed E-state index contributed by atoms with van der Waals surface area (Å²) >= 11 is 1.92. The molecule has 1 aromatic rings. The zero-order valence-corrected chi connectivity index (χ0v) is 12.9. The van der Waals surface area contributed by atoms with E-state index in [4.69, 9.17) is 0 Å². The van der Waals surface area contributed by atoms with Crippen molar-refractivity contribution in [2.75, 3.05) is 30.9 Å². The van der Waals surface area contributed by atoms with E-state index in [2.05, 4.69) is 5.32 Å². The van der Waals surface area contributed by atoms with Crippen LogP contribution in [0.5, 0.6) is 0 Å². The fraction of sp³-hybridized carbons (Fsp3) is 0.538. The Morgan fingerprint density at radius 3 is 2.68 bits per heavy atom. The average molecular weight is 300 g/mol. The number of benzene rings is 1. The van der Waals surface area contributed by atoms with Crippen molar-refractivity contribution in [1.82, 2.24) is 4.31 Å². The first-order chi connectivity index (χ1) is 9.01. The van der Waals surface area contributed by atoms with Gasteiger partial charge in [-0.25, -0.2) is 12.7 Å². The first kappa shape index (κ1) is 14.7. The van der Waals surface area contributed by atoms with Gasteiger partial charge in [-0.1, -0.05) is 12.1 Å². The molecule has 1 heterocycles. The third kappa shape index (κ3) is 3.43. The van der Waals surface area contributed by atoms with Crippen LogP contribution in [0.4, 0.5) is 5.69 Å². The molecule has 0 amide bonds. The molecule has 1 fully saturated rings. The van der Waals surface area contributed by atoms with E-state index in [0.29, 0.717) is 16.6 Å². The summed E-state index contributed by atoms with van der Waals surface area (Å²) in [6, 6.07) is 7.49. The van der Waals surface area contributed by atoms with Crippen molar-refractivity contribution >= 4 is 27.5 Å². The topological polar surface area (TPSA) is 49.4 Å². The normalized spacial score (nSPS) is 20.5. The second kappa shape index (κ2) is 6.15. The van der Waals surface area contributed by atoms with Gasteiger partial charge >= 0.3 is 0 Å². The summed E-state index contributed by atoms with van der Waals surface area (Å²) in [5, 5.41) is 3.38. The molecule has 0 saturated carbocycles. The van der Waals surface area contributed by atoms with Gasteiger partial charge in [-0.3, -0.25) is 0 Å². The Morgan fingerprint density at radius 1 is 1.32 bits per heavy atom. The van der Waals surface area contributed by atoms with Crippen LogP contribution in [-0.4, -0.2) is 44.4 Å². The van der Waals surface area contributed by atoms with Crippen molar-refractivity contribution in [1.29, 1.82) is 0 Å². The van der Waals surface area contributed by atoms with Gasteiger partial charge in [0.15, 0.2) is 0 Å². The molecule has 1 aliphatic rings. The molecule has 106 valence electrons. The standard InChI is InChI=1S/C13H20N2O2S2/c1-15(2)19(16,17)13-8-4-3-7-12(13)14-11-6-5-9-18-10-11/h3-4,7-8,11,14H,5-6,9-10H2,1-2H3. The summed E-state index contributed by atoms with van der Waals surface area (Å²) in [6.07, 6.45) is 2.29. The molecule has 1 atom stereocenters. The third-order valence-electron chi connectivity index (χ3n) is 3.17. The van der Waals surface area contributed by atoms with E-state index in [1.807, 2.05) is 23.9 Å². The number of para-hydroxylation sites is 1. The quantitative estimate of drug-likeness (QED) is 0.926. The molecule has 0 spiro atoms. The van der Waals surface area contributed by atoms with Crippen LogP contribution in [0.15, 0.2) is 29.2 Å². The lowest BCUT2D eigenvalue weighted by molar-refractivity contribution is 0.521. The van der Waals surface area contributed by atoms with Gasteiger partial charge in [-0.2, -0.15) is 11.8 Å². The Morgan fingerprint density at radius 2 is 2.05 bits per heavy atom. The first-order valence-electron chi connectivity index (χ1n) is 6.37. The van der Waals surface area contributed by atoms with E-state index < -0.39 is 10.0 Å². The maximum absolute atomic E-state index is 12.3. The number of rotatable bonds is 4. The van der Waals surface area contributed by atoms with Crippen LogP contribution in [0.2, 0.25) is 0 Å². The van der Waals surface area contributed by atoms with E-state index in [1.54, 1.807) is 26.2 Å². The molecule has 4 nitrogen and oxygen atoms in total. The molecule has 0 bridgehead atoms. The lowest BCUT2D eigenvalue weighted by Crippen LogP contribution is -2.28. The minimum atomic E-state index is -3.39. The fourth-order valence-corrected chi connectivity index (χ4v) is 4.20. The van der Waals surface area contributed by atoms with Crippen LogP contribution in [0.25, 0.3) is 0 Å². The Kier molecular flexibility index (Phi) is 4.76. The number of sulfonamides is 1. The fourth-order valence-electron chi connectivity index (χ4n) is 2.08. The van der Waals surface area contributed by atoms with E-state index >= 15 is 0 Å². The van der Waals surface area contributed by atoms with E-state index in [1.165, 1.54) is 16.5 Å². The maximum atomic E-state index is 12.3. The number of hydrogen-bond acceptors (Lipinski definition) is 4. The molecule has 2 rings (SSSR count). The highest BCUT2D eigenvalue weighted by atomic mass is 32.2. The van der Waals surface area contributed by atoms with Crippen LogP contribution in [0.1, 0.15) is 12.8 Å². The molecule has 0 radical (unpaired) electrons. The molecule has 1 aliphatic heterocycles. The second-order valence-electron chi connectivity index (χ2n) is 4.84. The molecular formula is C13H20N2O2S2. The van der Waals surface area contributed by atoms with Crippen molar-refractivity contribution in [3.8, 4) is 0 Å². The van der Waals surface area contributed by atoms with Crippen molar-refractivity contribution in [3.63, 3.8) is 0 Å². The summed E-state index contributed by atoms with van der Waals surface area (Å²) in [5.74, 6) is 2.24. The van der Waals surface area contributed by atoms with Crippen molar-refractivity contribution in [3.05, 3.63) is 24.3 Å². The van der Waals surface area contributed by atoms with Gasteiger partial charge in [0, 0.05) is 25.9 Å². The highest BCUT2D eigenvalue weighted by Gasteiger charge is 2.22. The molecule has 1 saturated heterocycles. The van der Waals surface area contributed by atoms with Crippen molar-refractivity contribution in [2.45, 2.75) is 23.8 Å². The van der Waals surface area contributed by atoms with Gasteiger partial charge in [0.1, 0.15) is 4.90 Å². The average Bonchev–Trinajstić information content (AvgIpc) is 2.40. The van der Waals surface area contributed by atoms with Gasteiger partial charge in [-0.15, -0.1) is 0 Å². The number of anilines is 1. The monoisotopic (exact) mass is 300 g/mol. The van der Waals surface area contributed by atoms with Crippen molar-refractivity contribution < 1.29 is 8.42 Å². The maximum Gasteiger partial charge on any atom is 0.244 e. The molecule has 1 N–H and O–H groups in total. The third-order valence-corrected chi connectivity index (χ3v) is 6.25. The molecular weight excluding hydrogens is 280 g/mol. The SMILES string of the molecule is CN(C)S(=O)(=O)c1ccccc1NC1CCCSC1. The van der Waals surface area contributed by atoms with Gasteiger partial charge in [-0.05, 0) is 30.7 Å². The van der Waals surface area contributed by atoms with E-state index in [0.717, 1.165) is 12.2 Å². The predicted octanol–water partition coefficient (Wildman–Crippen LogP) is 2.24. The van der Waals surface area contributed by atoms with Crippen LogP contribution in [0.3, 0.4) is 0 Å². The Balaban J connectivity index is 2.26. The Bertz CT molecular complexity index is 523. The zero-order chi connectivity index (χ0) is 13.9. The summed E-state index contributed by atoms with van der Waals surface area (Å²) < 4.78 is 25.8. The first-order valence-corrected chi connectivity index (χ1v) is 8.97. The Labute approximate surface area is 119 Å². The molecule has 1 unspecified atom stereocenters. The van der Waals surface area contributed by atoms with Gasteiger partial charge in [0.05, 0.1) is 5.69 Å². The molecule has 6 heteroatoms. The lowest BCUT2D eigenvalue weighted by Gasteiger charge is -2.25. The highest BCUT2D eigenvalue weighted by Crippen LogP contribution is 2.26. The predicted molar refractivity (Wildman–Crippen MR) is 81.3 cm³/mol. The highest BCUT2D eigenvalue weighted by molar-refractivity contribution is 7.99. The number of hydrogen-bond donors (Lipinski definition) is 1. The summed E-state index contributed by atoms with van der Waals surface area (Å²) in [5.41, 5.74) is 0.712. The largest absolute Gasteiger partial charge is 0.380 e. The summed E-state index contributed by atoms with van der Waals surface area (Å²) in [7, 11) is -0.278. The van der Waals surface area contributed by atoms with Crippen LogP contribution >= 0.6 is 11.8 Å². The second-order valence-corrected chi connectivity index (χ2v) is 8.11. The molecule has 0 aliphatic carbocycles. The lowest BCUT2D eigenvalue weighted by atomic mass is 10.1. The minimum Gasteiger partial charge on any atom is -0.380 e. The number of nitrogens with one attached hydrogen (secondary N) is 1. The minimum absolute atomic E-state index is 0.357. The summed E-state index contributed by atoms with van der Waals surface area (Å²) in [6.45, 7) is 0. The van der Waals surface area contributed by atoms with Crippen LogP contribution in [0, 0.1) is 0 Å². The zero-order valence-electron chi connectivity index (χ0n) is 11.3. The Hall–Kier alpha value is -0.720. The van der Waals surface area contributed by atoms with Gasteiger partial charge in [0.2, 0.25) is 10.0 Å². The number of thioether (sulfide) groups is 1. The van der Waals surface area contributed by atoms with Crippen LogP contribution in [-0.2, 0) is 10.0 Å².